The molecule has 6 heteroatoms. The maximum absolute atomic E-state index is 13.6. The number of imide groups is 1. The third kappa shape index (κ3) is 4.07. The number of rotatable bonds is 8. The Morgan fingerprint density at radius 1 is 1.16 bits per heavy atom. The average molecular weight is 435 g/mol. The highest BCUT2D eigenvalue weighted by Gasteiger charge is 2.54. The van der Waals surface area contributed by atoms with Gasteiger partial charge < -0.3 is 10.1 Å². The SMILES string of the molecule is COCCCN1C(=O)CC(CC(=O)NC2CCc3ccccc32)(c2ccccc2C)C1=O. The van der Waals surface area contributed by atoms with Gasteiger partial charge in [-0.15, -0.1) is 0 Å². The summed E-state index contributed by atoms with van der Waals surface area (Å²) in [7, 11) is 1.59. The van der Waals surface area contributed by atoms with Crippen LogP contribution in [-0.4, -0.2) is 42.9 Å². The van der Waals surface area contributed by atoms with Gasteiger partial charge in [-0.05, 0) is 48.4 Å². The molecule has 0 radical (unpaired) electrons. The van der Waals surface area contributed by atoms with Crippen LogP contribution in [-0.2, 0) is 31.0 Å². The molecule has 2 aromatic carbocycles. The number of amides is 3. The maximum atomic E-state index is 13.6. The number of likely N-dealkylation sites (tertiary alicyclic amines) is 1. The van der Waals surface area contributed by atoms with E-state index in [-0.39, 0.29) is 36.6 Å². The van der Waals surface area contributed by atoms with Crippen molar-refractivity contribution in [2.75, 3.05) is 20.3 Å². The van der Waals surface area contributed by atoms with Crippen molar-refractivity contribution >= 4 is 17.7 Å². The number of carbonyl (C=O) groups is 3. The van der Waals surface area contributed by atoms with Crippen LogP contribution in [0.2, 0.25) is 0 Å². The summed E-state index contributed by atoms with van der Waals surface area (Å²) < 4.78 is 5.08. The van der Waals surface area contributed by atoms with Crippen molar-refractivity contribution in [2.24, 2.45) is 0 Å². The van der Waals surface area contributed by atoms with Crippen LogP contribution in [0.3, 0.4) is 0 Å². The van der Waals surface area contributed by atoms with Gasteiger partial charge in [0, 0.05) is 33.1 Å². The molecular formula is C26H30N2O4. The first-order chi connectivity index (χ1) is 15.5. The maximum Gasteiger partial charge on any atom is 0.240 e. The van der Waals surface area contributed by atoms with E-state index in [4.69, 9.17) is 4.74 Å². The molecule has 2 unspecified atom stereocenters. The summed E-state index contributed by atoms with van der Waals surface area (Å²) in [4.78, 5) is 41.1. The Hall–Kier alpha value is -2.99. The van der Waals surface area contributed by atoms with Crippen LogP contribution in [0.4, 0.5) is 0 Å². The molecule has 32 heavy (non-hydrogen) atoms. The molecule has 1 saturated heterocycles. The summed E-state index contributed by atoms with van der Waals surface area (Å²) in [5.41, 5.74) is 2.89. The number of fused-ring (bicyclic) bond motifs is 1. The number of nitrogens with zero attached hydrogens (tertiary/aromatic N) is 1. The summed E-state index contributed by atoms with van der Waals surface area (Å²) in [6, 6.07) is 15.6. The molecule has 1 heterocycles. The van der Waals surface area contributed by atoms with Crippen molar-refractivity contribution in [3.8, 4) is 0 Å². The Bertz CT molecular complexity index is 1030. The van der Waals surface area contributed by atoms with E-state index in [1.165, 1.54) is 10.5 Å². The minimum Gasteiger partial charge on any atom is -0.385 e. The van der Waals surface area contributed by atoms with Crippen molar-refractivity contribution in [3.63, 3.8) is 0 Å². The molecule has 4 rings (SSSR count). The third-order valence-electron chi connectivity index (χ3n) is 6.73. The zero-order chi connectivity index (χ0) is 22.7. The minimum absolute atomic E-state index is 0.0122. The van der Waals surface area contributed by atoms with Gasteiger partial charge in [0.05, 0.1) is 11.5 Å². The molecule has 2 atom stereocenters. The molecule has 0 spiro atoms. The first-order valence-corrected chi connectivity index (χ1v) is 11.2. The van der Waals surface area contributed by atoms with E-state index in [0.717, 1.165) is 29.5 Å². The lowest BCUT2D eigenvalue weighted by Gasteiger charge is -2.29. The van der Waals surface area contributed by atoms with Crippen molar-refractivity contribution in [3.05, 3.63) is 70.8 Å². The Labute approximate surface area is 188 Å². The summed E-state index contributed by atoms with van der Waals surface area (Å²) in [5.74, 6) is -0.710. The first-order valence-electron chi connectivity index (χ1n) is 11.2. The second-order valence-electron chi connectivity index (χ2n) is 8.81. The highest BCUT2D eigenvalue weighted by Crippen LogP contribution is 2.42. The number of ether oxygens (including phenoxy) is 1. The van der Waals surface area contributed by atoms with Gasteiger partial charge >= 0.3 is 0 Å². The molecule has 1 aliphatic heterocycles. The van der Waals surface area contributed by atoms with Crippen LogP contribution in [0, 0.1) is 6.92 Å². The summed E-state index contributed by atoms with van der Waals surface area (Å²) in [6.45, 7) is 2.69. The summed E-state index contributed by atoms with van der Waals surface area (Å²) >= 11 is 0. The second-order valence-corrected chi connectivity index (χ2v) is 8.81. The van der Waals surface area contributed by atoms with E-state index in [1.54, 1.807) is 7.11 Å². The van der Waals surface area contributed by atoms with Crippen LogP contribution in [0.15, 0.2) is 48.5 Å². The molecule has 1 aliphatic carbocycles. The van der Waals surface area contributed by atoms with E-state index in [0.29, 0.717) is 19.6 Å². The molecule has 168 valence electrons. The molecule has 1 N–H and O–H groups in total. The number of nitrogens with one attached hydrogen (secondary N) is 1. The second kappa shape index (κ2) is 9.25. The van der Waals surface area contributed by atoms with Gasteiger partial charge in [-0.25, -0.2) is 0 Å². The molecule has 1 fully saturated rings. The van der Waals surface area contributed by atoms with Gasteiger partial charge in [-0.2, -0.15) is 0 Å². The smallest absolute Gasteiger partial charge is 0.240 e. The Morgan fingerprint density at radius 3 is 2.69 bits per heavy atom. The molecule has 6 nitrogen and oxygen atoms in total. The van der Waals surface area contributed by atoms with Gasteiger partial charge in [0.2, 0.25) is 17.7 Å². The number of methoxy groups -OCH3 is 1. The lowest BCUT2D eigenvalue weighted by Crippen LogP contribution is -2.43. The van der Waals surface area contributed by atoms with Gasteiger partial charge in [0.1, 0.15) is 0 Å². The zero-order valence-corrected chi connectivity index (χ0v) is 18.7. The number of benzene rings is 2. The minimum atomic E-state index is -1.17. The fourth-order valence-electron chi connectivity index (χ4n) is 5.17. The normalized spacial score (nSPS) is 22.3. The Morgan fingerprint density at radius 2 is 1.91 bits per heavy atom. The largest absolute Gasteiger partial charge is 0.385 e. The molecule has 0 aromatic heterocycles. The van der Waals surface area contributed by atoms with Crippen molar-refractivity contribution in [1.82, 2.24) is 10.2 Å². The van der Waals surface area contributed by atoms with E-state index >= 15 is 0 Å². The zero-order valence-electron chi connectivity index (χ0n) is 18.7. The van der Waals surface area contributed by atoms with Gasteiger partial charge in [-0.1, -0.05) is 48.5 Å². The molecular weight excluding hydrogens is 404 g/mol. The fraction of sp³-hybridized carbons (Fsp3) is 0.423. The molecule has 2 aromatic rings. The monoisotopic (exact) mass is 434 g/mol. The van der Waals surface area contributed by atoms with Crippen molar-refractivity contribution in [1.29, 1.82) is 0 Å². The number of aryl methyl sites for hydroxylation is 2. The molecule has 3 amide bonds. The molecule has 0 bridgehead atoms. The van der Waals surface area contributed by atoms with Crippen molar-refractivity contribution in [2.45, 2.75) is 50.5 Å². The van der Waals surface area contributed by atoms with Crippen LogP contribution in [0.25, 0.3) is 0 Å². The van der Waals surface area contributed by atoms with Gasteiger partial charge in [-0.3, -0.25) is 19.3 Å². The fourth-order valence-corrected chi connectivity index (χ4v) is 5.17. The number of hydrogen-bond acceptors (Lipinski definition) is 4. The lowest BCUT2D eigenvalue weighted by atomic mass is 9.74. The predicted molar refractivity (Wildman–Crippen MR) is 121 cm³/mol. The molecule has 0 saturated carbocycles. The van der Waals surface area contributed by atoms with Gasteiger partial charge in [0.15, 0.2) is 0 Å². The van der Waals surface area contributed by atoms with Gasteiger partial charge in [0.25, 0.3) is 0 Å². The lowest BCUT2D eigenvalue weighted by molar-refractivity contribution is -0.141. The number of hydrogen-bond donors (Lipinski definition) is 1. The van der Waals surface area contributed by atoms with Crippen molar-refractivity contribution < 1.29 is 19.1 Å². The number of carbonyl (C=O) groups excluding carboxylic acids is 3. The predicted octanol–water partition coefficient (Wildman–Crippen LogP) is 3.22. The third-order valence-corrected chi connectivity index (χ3v) is 6.73. The summed E-state index contributed by atoms with van der Waals surface area (Å²) in [5, 5.41) is 3.14. The van der Waals surface area contributed by atoms with E-state index in [2.05, 4.69) is 11.4 Å². The standard InChI is InChI=1S/C26H30N2O4/c1-18-8-3-6-11-21(18)26(17-24(30)28(25(26)31)14-7-15-32-2)16-23(29)27-22-13-12-19-9-4-5-10-20(19)22/h3-6,8-11,22H,7,12-17H2,1-2H3,(H,27,29). The topological polar surface area (TPSA) is 75.7 Å². The Kier molecular flexibility index (Phi) is 6.42. The highest BCUT2D eigenvalue weighted by molar-refractivity contribution is 6.11. The van der Waals surface area contributed by atoms with E-state index in [1.807, 2.05) is 49.4 Å². The van der Waals surface area contributed by atoms with E-state index in [9.17, 15) is 14.4 Å². The van der Waals surface area contributed by atoms with Crippen LogP contribution in [0.1, 0.15) is 54.0 Å². The van der Waals surface area contributed by atoms with Crippen LogP contribution >= 0.6 is 0 Å². The van der Waals surface area contributed by atoms with Crippen LogP contribution < -0.4 is 5.32 Å². The highest BCUT2D eigenvalue weighted by atomic mass is 16.5. The summed E-state index contributed by atoms with van der Waals surface area (Å²) in [6.07, 6.45) is 2.32. The van der Waals surface area contributed by atoms with E-state index < -0.39 is 5.41 Å². The Balaban J connectivity index is 1.60. The first kappa shape index (κ1) is 22.2. The quantitative estimate of drug-likeness (QED) is 0.511. The van der Waals surface area contributed by atoms with Crippen LogP contribution in [0.5, 0.6) is 0 Å². The average Bonchev–Trinajstić information content (AvgIpc) is 3.28. The molecule has 2 aliphatic rings.